The lowest BCUT2D eigenvalue weighted by atomic mass is 10.1. The van der Waals surface area contributed by atoms with E-state index in [1.165, 1.54) is 24.3 Å². The molecule has 0 saturated carbocycles. The van der Waals surface area contributed by atoms with Crippen molar-refractivity contribution in [1.82, 2.24) is 0 Å². The first-order chi connectivity index (χ1) is 8.97. The van der Waals surface area contributed by atoms with Crippen molar-refractivity contribution in [3.8, 4) is 0 Å². The van der Waals surface area contributed by atoms with Crippen molar-refractivity contribution < 1.29 is 9.18 Å². The van der Waals surface area contributed by atoms with Gasteiger partial charge in [-0.05, 0) is 61.4 Å². The van der Waals surface area contributed by atoms with Gasteiger partial charge in [0.1, 0.15) is 5.82 Å². The monoisotopic (exact) mass is 258 g/mol. The Balaban J connectivity index is 2.24. The normalized spacial score (nSPS) is 10.3. The molecule has 0 spiro atoms. The zero-order chi connectivity index (χ0) is 14.0. The van der Waals surface area contributed by atoms with Crippen LogP contribution in [0.2, 0.25) is 0 Å². The minimum Gasteiger partial charge on any atom is -0.397 e. The topological polar surface area (TPSA) is 55.1 Å². The summed E-state index contributed by atoms with van der Waals surface area (Å²) in [6, 6.07) is 9.00. The van der Waals surface area contributed by atoms with Crippen LogP contribution in [0.25, 0.3) is 0 Å². The molecule has 0 aliphatic rings. The van der Waals surface area contributed by atoms with Crippen molar-refractivity contribution in [3.63, 3.8) is 0 Å². The first-order valence-electron chi connectivity index (χ1n) is 5.91. The van der Waals surface area contributed by atoms with E-state index >= 15 is 0 Å². The molecule has 3 nitrogen and oxygen atoms in total. The lowest BCUT2D eigenvalue weighted by molar-refractivity contribution is 0.102. The van der Waals surface area contributed by atoms with Crippen molar-refractivity contribution in [3.05, 3.63) is 58.9 Å². The third-order valence-corrected chi connectivity index (χ3v) is 3.02. The summed E-state index contributed by atoms with van der Waals surface area (Å²) in [5.41, 5.74) is 9.45. The van der Waals surface area contributed by atoms with Gasteiger partial charge in [-0.1, -0.05) is 0 Å². The Bertz CT molecular complexity index is 621. The van der Waals surface area contributed by atoms with E-state index in [0.717, 1.165) is 11.1 Å². The maximum Gasteiger partial charge on any atom is 0.255 e. The van der Waals surface area contributed by atoms with Gasteiger partial charge in [-0.2, -0.15) is 0 Å². The molecule has 0 saturated heterocycles. The summed E-state index contributed by atoms with van der Waals surface area (Å²) in [4.78, 5) is 12.0. The second kappa shape index (κ2) is 5.10. The highest BCUT2D eigenvalue weighted by Crippen LogP contribution is 2.23. The Morgan fingerprint density at radius 1 is 1.11 bits per heavy atom. The largest absolute Gasteiger partial charge is 0.397 e. The molecule has 2 aromatic rings. The summed E-state index contributed by atoms with van der Waals surface area (Å²) < 4.78 is 12.8. The van der Waals surface area contributed by atoms with E-state index < -0.39 is 0 Å². The van der Waals surface area contributed by atoms with Crippen LogP contribution in [0.5, 0.6) is 0 Å². The lowest BCUT2D eigenvalue weighted by Crippen LogP contribution is -2.13. The average Bonchev–Trinajstić information content (AvgIpc) is 2.36. The fraction of sp³-hybridized carbons (Fsp3) is 0.133. The minimum absolute atomic E-state index is 0.310. The predicted octanol–water partition coefficient (Wildman–Crippen LogP) is 3.28. The number of anilines is 2. The molecule has 2 rings (SSSR count). The number of carbonyl (C=O) groups excluding carboxylic acids is 1. The smallest absolute Gasteiger partial charge is 0.255 e. The molecule has 0 radical (unpaired) electrons. The Labute approximate surface area is 111 Å². The molecule has 19 heavy (non-hydrogen) atoms. The van der Waals surface area contributed by atoms with Gasteiger partial charge in [0.05, 0.1) is 11.4 Å². The summed E-state index contributed by atoms with van der Waals surface area (Å²) in [7, 11) is 0. The van der Waals surface area contributed by atoms with E-state index in [4.69, 9.17) is 5.73 Å². The molecular formula is C15H15FN2O. The molecule has 0 aromatic heterocycles. The Morgan fingerprint density at radius 3 is 2.32 bits per heavy atom. The van der Waals surface area contributed by atoms with Crippen LogP contribution in [-0.2, 0) is 0 Å². The van der Waals surface area contributed by atoms with Crippen molar-refractivity contribution in [1.29, 1.82) is 0 Å². The van der Waals surface area contributed by atoms with Gasteiger partial charge in [0.2, 0.25) is 0 Å². The number of rotatable bonds is 2. The van der Waals surface area contributed by atoms with Gasteiger partial charge in [-0.25, -0.2) is 4.39 Å². The van der Waals surface area contributed by atoms with Gasteiger partial charge in [0.25, 0.3) is 5.91 Å². The highest BCUT2D eigenvalue weighted by molar-refractivity contribution is 6.05. The second-order valence-corrected chi connectivity index (χ2v) is 4.48. The Kier molecular flexibility index (Phi) is 3.51. The molecule has 1 amide bonds. The number of nitrogen functional groups attached to an aromatic ring is 1. The van der Waals surface area contributed by atoms with Crippen molar-refractivity contribution in [2.75, 3.05) is 11.1 Å². The maximum atomic E-state index is 12.8. The minimum atomic E-state index is -0.373. The third kappa shape index (κ3) is 2.91. The highest BCUT2D eigenvalue weighted by Gasteiger charge is 2.09. The number of hydrogen-bond acceptors (Lipinski definition) is 2. The van der Waals surface area contributed by atoms with Gasteiger partial charge < -0.3 is 11.1 Å². The van der Waals surface area contributed by atoms with Crippen LogP contribution in [0, 0.1) is 19.7 Å². The Morgan fingerprint density at radius 2 is 1.68 bits per heavy atom. The number of aryl methyl sites for hydroxylation is 2. The van der Waals surface area contributed by atoms with Gasteiger partial charge in [0, 0.05) is 5.56 Å². The van der Waals surface area contributed by atoms with E-state index in [-0.39, 0.29) is 11.7 Å². The molecule has 0 fully saturated rings. The lowest BCUT2D eigenvalue weighted by Gasteiger charge is -2.11. The number of benzene rings is 2. The van der Waals surface area contributed by atoms with Crippen molar-refractivity contribution in [2.24, 2.45) is 0 Å². The quantitative estimate of drug-likeness (QED) is 0.812. The van der Waals surface area contributed by atoms with E-state index in [9.17, 15) is 9.18 Å². The number of halogens is 1. The van der Waals surface area contributed by atoms with Crippen molar-refractivity contribution >= 4 is 17.3 Å². The predicted molar refractivity (Wildman–Crippen MR) is 74.7 cm³/mol. The molecule has 0 unspecified atom stereocenters. The van der Waals surface area contributed by atoms with Crippen LogP contribution in [-0.4, -0.2) is 5.91 Å². The van der Waals surface area contributed by atoms with Crippen LogP contribution in [0.4, 0.5) is 15.8 Å². The highest BCUT2D eigenvalue weighted by atomic mass is 19.1. The van der Waals surface area contributed by atoms with Crippen LogP contribution in [0.3, 0.4) is 0 Å². The van der Waals surface area contributed by atoms with Crippen molar-refractivity contribution in [2.45, 2.75) is 13.8 Å². The van der Waals surface area contributed by atoms with Gasteiger partial charge in [-0.3, -0.25) is 4.79 Å². The van der Waals surface area contributed by atoms with Crippen LogP contribution < -0.4 is 11.1 Å². The summed E-state index contributed by atoms with van der Waals surface area (Å²) >= 11 is 0. The van der Waals surface area contributed by atoms with Crippen LogP contribution >= 0.6 is 0 Å². The Hall–Kier alpha value is -2.36. The summed E-state index contributed by atoms with van der Waals surface area (Å²) in [6.07, 6.45) is 0. The standard InChI is InChI=1S/C15H15FN2O/c1-9-7-13(17)14(8-10(9)2)18-15(19)11-3-5-12(16)6-4-11/h3-8H,17H2,1-2H3,(H,18,19). The fourth-order valence-electron chi connectivity index (χ4n) is 1.74. The summed E-state index contributed by atoms with van der Waals surface area (Å²) in [5, 5.41) is 2.73. The number of amides is 1. The third-order valence-electron chi connectivity index (χ3n) is 3.02. The van der Waals surface area contributed by atoms with E-state index in [1.807, 2.05) is 26.0 Å². The van der Waals surface area contributed by atoms with E-state index in [1.54, 1.807) is 0 Å². The van der Waals surface area contributed by atoms with Gasteiger partial charge in [-0.15, -0.1) is 0 Å². The van der Waals surface area contributed by atoms with Gasteiger partial charge in [0.15, 0.2) is 0 Å². The average molecular weight is 258 g/mol. The molecule has 98 valence electrons. The molecule has 0 aliphatic heterocycles. The maximum absolute atomic E-state index is 12.8. The van der Waals surface area contributed by atoms with Crippen LogP contribution in [0.1, 0.15) is 21.5 Å². The number of hydrogen-bond donors (Lipinski definition) is 2. The first-order valence-corrected chi connectivity index (χ1v) is 5.91. The molecule has 4 heteroatoms. The molecule has 0 aliphatic carbocycles. The fourth-order valence-corrected chi connectivity index (χ4v) is 1.74. The summed E-state index contributed by atoms with van der Waals surface area (Å²) in [5.74, 6) is -0.683. The van der Waals surface area contributed by atoms with E-state index in [2.05, 4.69) is 5.32 Å². The number of nitrogens with two attached hydrogens (primary N) is 1. The molecule has 0 heterocycles. The van der Waals surface area contributed by atoms with E-state index in [0.29, 0.717) is 16.9 Å². The first kappa shape index (κ1) is 13.1. The zero-order valence-corrected chi connectivity index (χ0v) is 10.8. The molecule has 0 atom stereocenters. The molecular weight excluding hydrogens is 243 g/mol. The molecule has 3 N–H and O–H groups in total. The number of nitrogens with one attached hydrogen (secondary N) is 1. The number of carbonyl (C=O) groups is 1. The second-order valence-electron chi connectivity index (χ2n) is 4.48. The summed E-state index contributed by atoms with van der Waals surface area (Å²) in [6.45, 7) is 3.90. The molecule has 2 aromatic carbocycles. The molecule has 0 bridgehead atoms. The zero-order valence-electron chi connectivity index (χ0n) is 10.8. The van der Waals surface area contributed by atoms with Crippen LogP contribution in [0.15, 0.2) is 36.4 Å². The SMILES string of the molecule is Cc1cc(N)c(NC(=O)c2ccc(F)cc2)cc1C. The van der Waals surface area contributed by atoms with Gasteiger partial charge >= 0.3 is 0 Å².